The molecule has 2 atom stereocenters. The van der Waals surface area contributed by atoms with Crippen molar-refractivity contribution in [3.05, 3.63) is 29.8 Å². The van der Waals surface area contributed by atoms with E-state index in [1.54, 1.807) is 24.3 Å². The summed E-state index contributed by atoms with van der Waals surface area (Å²) in [6.07, 6.45) is 1.54. The maximum atomic E-state index is 11.8. The Balaban J connectivity index is 2.44. The fourth-order valence-corrected chi connectivity index (χ4v) is 1.96. The summed E-state index contributed by atoms with van der Waals surface area (Å²) in [4.78, 5) is 11.8. The second-order valence-corrected chi connectivity index (χ2v) is 5.12. The van der Waals surface area contributed by atoms with Gasteiger partial charge >= 0.3 is 0 Å². The van der Waals surface area contributed by atoms with Gasteiger partial charge in [0.05, 0.1) is 11.6 Å². The van der Waals surface area contributed by atoms with E-state index in [2.05, 4.69) is 5.32 Å². The fourth-order valence-electron chi connectivity index (χ4n) is 1.96. The molecule has 0 aromatic heterocycles. The molecule has 0 saturated heterocycles. The lowest BCUT2D eigenvalue weighted by atomic mass is 10.0. The average molecular weight is 290 g/mol. The summed E-state index contributed by atoms with van der Waals surface area (Å²) in [6, 6.07) is 8.75. The smallest absolute Gasteiger partial charge is 0.258 e. The molecule has 0 unspecified atom stereocenters. The van der Waals surface area contributed by atoms with Crippen LogP contribution in [0, 0.1) is 17.2 Å². The molecule has 2 N–H and O–H groups in total. The summed E-state index contributed by atoms with van der Waals surface area (Å²) in [5.41, 5.74) is 0.496. The predicted molar refractivity (Wildman–Crippen MR) is 79.7 cm³/mol. The predicted octanol–water partition coefficient (Wildman–Crippen LogP) is 1.85. The van der Waals surface area contributed by atoms with Crippen LogP contribution in [0.15, 0.2) is 24.3 Å². The Morgan fingerprint density at radius 3 is 2.90 bits per heavy atom. The van der Waals surface area contributed by atoms with Gasteiger partial charge in [-0.25, -0.2) is 0 Å². The van der Waals surface area contributed by atoms with Gasteiger partial charge in [0.15, 0.2) is 6.61 Å². The van der Waals surface area contributed by atoms with E-state index in [-0.39, 0.29) is 31.1 Å². The molecule has 1 aromatic rings. The van der Waals surface area contributed by atoms with Gasteiger partial charge in [-0.3, -0.25) is 4.79 Å². The first-order valence-electron chi connectivity index (χ1n) is 7.12. The van der Waals surface area contributed by atoms with Crippen molar-refractivity contribution in [3.63, 3.8) is 0 Å². The van der Waals surface area contributed by atoms with Crippen LogP contribution in [0.5, 0.6) is 5.75 Å². The SMILES string of the molecule is CC[C@@H](C[C@H](C)CO)NC(=O)COc1cccc(C#N)c1. The summed E-state index contributed by atoms with van der Waals surface area (Å²) in [5, 5.41) is 20.7. The van der Waals surface area contributed by atoms with Gasteiger partial charge < -0.3 is 15.2 Å². The Morgan fingerprint density at radius 2 is 2.29 bits per heavy atom. The lowest BCUT2D eigenvalue weighted by Crippen LogP contribution is -2.38. The van der Waals surface area contributed by atoms with Crippen molar-refractivity contribution in [2.45, 2.75) is 32.7 Å². The Hall–Kier alpha value is -2.06. The van der Waals surface area contributed by atoms with Gasteiger partial charge in [-0.15, -0.1) is 0 Å². The number of hydrogen-bond donors (Lipinski definition) is 2. The molecule has 0 saturated carbocycles. The minimum atomic E-state index is -0.200. The molecule has 5 heteroatoms. The third-order valence-corrected chi connectivity index (χ3v) is 3.19. The zero-order valence-corrected chi connectivity index (χ0v) is 12.5. The second-order valence-electron chi connectivity index (χ2n) is 5.12. The number of nitrogens with one attached hydrogen (secondary N) is 1. The van der Waals surface area contributed by atoms with Crippen molar-refractivity contribution < 1.29 is 14.6 Å². The summed E-state index contributed by atoms with van der Waals surface area (Å²) in [7, 11) is 0. The number of aliphatic hydroxyl groups is 1. The quantitative estimate of drug-likeness (QED) is 0.765. The van der Waals surface area contributed by atoms with Crippen molar-refractivity contribution >= 4 is 5.91 Å². The third-order valence-electron chi connectivity index (χ3n) is 3.19. The fraction of sp³-hybridized carbons (Fsp3) is 0.500. The molecule has 1 rings (SSSR count). The van der Waals surface area contributed by atoms with Crippen molar-refractivity contribution in [2.24, 2.45) is 5.92 Å². The van der Waals surface area contributed by atoms with Crippen LogP contribution < -0.4 is 10.1 Å². The zero-order valence-electron chi connectivity index (χ0n) is 12.5. The summed E-state index contributed by atoms with van der Waals surface area (Å²) in [5.74, 6) is 0.457. The molecule has 0 heterocycles. The maximum Gasteiger partial charge on any atom is 0.258 e. The van der Waals surface area contributed by atoms with Crippen molar-refractivity contribution in [1.29, 1.82) is 5.26 Å². The first kappa shape index (κ1) is 17.0. The number of aliphatic hydroxyl groups excluding tert-OH is 1. The van der Waals surface area contributed by atoms with E-state index in [1.807, 2.05) is 19.9 Å². The minimum Gasteiger partial charge on any atom is -0.484 e. The summed E-state index contributed by atoms with van der Waals surface area (Å²) in [6.45, 7) is 3.97. The number of hydrogen-bond acceptors (Lipinski definition) is 4. The molecule has 0 bridgehead atoms. The topological polar surface area (TPSA) is 82.3 Å². The van der Waals surface area contributed by atoms with Gasteiger partial charge in [0.25, 0.3) is 5.91 Å². The molecule has 0 fully saturated rings. The molecule has 21 heavy (non-hydrogen) atoms. The number of amides is 1. The number of nitriles is 1. The van der Waals surface area contributed by atoms with Gasteiger partial charge in [-0.2, -0.15) is 5.26 Å². The number of carbonyl (C=O) groups is 1. The number of nitrogens with zero attached hydrogens (tertiary/aromatic N) is 1. The highest BCUT2D eigenvalue weighted by atomic mass is 16.5. The van der Waals surface area contributed by atoms with Gasteiger partial charge in [0.1, 0.15) is 5.75 Å². The number of rotatable bonds is 8. The van der Waals surface area contributed by atoms with Gasteiger partial charge in [-0.1, -0.05) is 19.9 Å². The van der Waals surface area contributed by atoms with Crippen molar-refractivity contribution in [1.82, 2.24) is 5.32 Å². The van der Waals surface area contributed by atoms with E-state index in [0.717, 1.165) is 12.8 Å². The normalized spacial score (nSPS) is 13.0. The largest absolute Gasteiger partial charge is 0.484 e. The van der Waals surface area contributed by atoms with Crippen molar-refractivity contribution in [3.8, 4) is 11.8 Å². The third kappa shape index (κ3) is 6.28. The van der Waals surface area contributed by atoms with Gasteiger partial charge in [0, 0.05) is 12.6 Å². The molecule has 0 aliphatic rings. The molecular weight excluding hydrogens is 268 g/mol. The molecular formula is C16H22N2O3. The monoisotopic (exact) mass is 290 g/mol. The number of carbonyl (C=O) groups excluding carboxylic acids is 1. The molecule has 0 aliphatic carbocycles. The average Bonchev–Trinajstić information content (AvgIpc) is 2.52. The van der Waals surface area contributed by atoms with E-state index in [9.17, 15) is 4.79 Å². The molecule has 0 spiro atoms. The Labute approximate surface area is 125 Å². The minimum absolute atomic E-state index is 0.0358. The first-order valence-corrected chi connectivity index (χ1v) is 7.12. The highest BCUT2D eigenvalue weighted by Gasteiger charge is 2.14. The Bertz CT molecular complexity index is 497. The van der Waals surface area contributed by atoms with Crippen LogP contribution in [-0.4, -0.2) is 30.3 Å². The van der Waals surface area contributed by atoms with Crippen LogP contribution in [0.3, 0.4) is 0 Å². The van der Waals surface area contributed by atoms with E-state index in [0.29, 0.717) is 11.3 Å². The standard InChI is InChI=1S/C16H22N2O3/c1-3-14(7-12(2)10-19)18-16(20)11-21-15-6-4-5-13(8-15)9-17/h4-6,8,12,14,19H,3,7,10-11H2,1-2H3,(H,18,20)/t12-,14-/m0/s1. The Kier molecular flexibility index (Phi) is 7.27. The van der Waals surface area contributed by atoms with E-state index >= 15 is 0 Å². The highest BCUT2D eigenvalue weighted by molar-refractivity contribution is 5.77. The van der Waals surface area contributed by atoms with E-state index in [1.165, 1.54) is 0 Å². The first-order chi connectivity index (χ1) is 10.1. The molecule has 5 nitrogen and oxygen atoms in total. The van der Waals surface area contributed by atoms with Crippen LogP contribution in [0.4, 0.5) is 0 Å². The van der Waals surface area contributed by atoms with E-state index in [4.69, 9.17) is 15.1 Å². The maximum absolute atomic E-state index is 11.8. The van der Waals surface area contributed by atoms with E-state index < -0.39 is 0 Å². The number of ether oxygens (including phenoxy) is 1. The molecule has 0 radical (unpaired) electrons. The van der Waals surface area contributed by atoms with Crippen LogP contribution in [-0.2, 0) is 4.79 Å². The molecule has 1 amide bonds. The molecule has 0 aliphatic heterocycles. The van der Waals surface area contributed by atoms with Gasteiger partial charge in [-0.05, 0) is 37.0 Å². The van der Waals surface area contributed by atoms with Crippen LogP contribution in [0.2, 0.25) is 0 Å². The van der Waals surface area contributed by atoms with Gasteiger partial charge in [0.2, 0.25) is 0 Å². The van der Waals surface area contributed by atoms with Crippen LogP contribution in [0.25, 0.3) is 0 Å². The zero-order chi connectivity index (χ0) is 15.7. The van der Waals surface area contributed by atoms with Crippen LogP contribution >= 0.6 is 0 Å². The highest BCUT2D eigenvalue weighted by Crippen LogP contribution is 2.12. The second kappa shape index (κ2) is 8.98. The molecule has 114 valence electrons. The lowest BCUT2D eigenvalue weighted by molar-refractivity contribution is -0.124. The summed E-state index contributed by atoms with van der Waals surface area (Å²) >= 11 is 0. The Morgan fingerprint density at radius 1 is 1.52 bits per heavy atom. The summed E-state index contributed by atoms with van der Waals surface area (Å²) < 4.78 is 5.37. The lowest BCUT2D eigenvalue weighted by Gasteiger charge is -2.20. The van der Waals surface area contributed by atoms with Crippen LogP contribution in [0.1, 0.15) is 32.3 Å². The van der Waals surface area contributed by atoms with Crippen molar-refractivity contribution in [2.75, 3.05) is 13.2 Å². The number of benzene rings is 1. The molecule has 1 aromatic carbocycles.